The highest BCUT2D eigenvalue weighted by Crippen LogP contribution is 2.58. The lowest BCUT2D eigenvalue weighted by Gasteiger charge is -2.34. The number of carbonyl (C=O) groups excluding carboxylic acids is 1. The third-order valence-corrected chi connectivity index (χ3v) is 6.25. The molecule has 1 spiro atoms. The second-order valence-corrected chi connectivity index (χ2v) is 8.57. The first-order chi connectivity index (χ1) is 11.1. The Morgan fingerprint density at radius 1 is 1.17 bits per heavy atom. The van der Waals surface area contributed by atoms with Gasteiger partial charge >= 0.3 is 0 Å². The van der Waals surface area contributed by atoms with E-state index < -0.39 is 0 Å². The molecule has 1 aliphatic carbocycles. The van der Waals surface area contributed by atoms with Crippen LogP contribution in [0.15, 0.2) is 0 Å². The fraction of sp³-hybridized carbons (Fsp3) is 0.947. The van der Waals surface area contributed by atoms with Gasteiger partial charge in [-0.15, -0.1) is 0 Å². The molecule has 23 heavy (non-hydrogen) atoms. The van der Waals surface area contributed by atoms with Crippen LogP contribution in [-0.2, 0) is 4.79 Å². The first-order valence-electron chi connectivity index (χ1n) is 9.80. The molecular formula is C19H35N3O. The molecule has 3 aliphatic rings. The minimum absolute atomic E-state index is 0.313. The quantitative estimate of drug-likeness (QED) is 0.738. The smallest absolute Gasteiger partial charge is 0.223 e. The summed E-state index contributed by atoms with van der Waals surface area (Å²) >= 11 is 0. The molecule has 1 saturated carbocycles. The van der Waals surface area contributed by atoms with Gasteiger partial charge in [0.1, 0.15) is 0 Å². The van der Waals surface area contributed by atoms with Crippen LogP contribution < -0.4 is 10.6 Å². The zero-order chi connectivity index (χ0) is 16.3. The number of amides is 1. The molecule has 132 valence electrons. The normalized spacial score (nSPS) is 33.6. The largest absolute Gasteiger partial charge is 0.356 e. The van der Waals surface area contributed by atoms with E-state index in [0.29, 0.717) is 17.2 Å². The van der Waals surface area contributed by atoms with Crippen molar-refractivity contribution in [1.29, 1.82) is 0 Å². The van der Waals surface area contributed by atoms with E-state index in [1.807, 2.05) is 0 Å². The van der Waals surface area contributed by atoms with Gasteiger partial charge in [-0.2, -0.15) is 0 Å². The summed E-state index contributed by atoms with van der Waals surface area (Å²) in [6, 6.07) is 0. The average molecular weight is 322 g/mol. The Morgan fingerprint density at radius 3 is 2.57 bits per heavy atom. The van der Waals surface area contributed by atoms with Crippen molar-refractivity contribution in [1.82, 2.24) is 15.5 Å². The molecule has 0 aromatic heterocycles. The molecule has 3 atom stereocenters. The highest BCUT2D eigenvalue weighted by atomic mass is 16.2. The van der Waals surface area contributed by atoms with Crippen molar-refractivity contribution in [2.24, 2.45) is 23.2 Å². The van der Waals surface area contributed by atoms with Gasteiger partial charge in [0.25, 0.3) is 0 Å². The van der Waals surface area contributed by atoms with Gasteiger partial charge in [-0.25, -0.2) is 0 Å². The molecule has 2 aliphatic heterocycles. The van der Waals surface area contributed by atoms with Crippen molar-refractivity contribution in [2.75, 3.05) is 39.3 Å². The molecule has 3 unspecified atom stereocenters. The molecular weight excluding hydrogens is 286 g/mol. The Labute approximate surface area is 141 Å². The summed E-state index contributed by atoms with van der Waals surface area (Å²) in [4.78, 5) is 14.9. The Hall–Kier alpha value is -0.610. The van der Waals surface area contributed by atoms with Crippen molar-refractivity contribution < 1.29 is 4.79 Å². The predicted molar refractivity (Wildman–Crippen MR) is 94.3 cm³/mol. The van der Waals surface area contributed by atoms with Gasteiger partial charge in [-0.1, -0.05) is 13.8 Å². The molecule has 2 saturated heterocycles. The molecule has 4 nitrogen and oxygen atoms in total. The summed E-state index contributed by atoms with van der Waals surface area (Å²) < 4.78 is 0. The van der Waals surface area contributed by atoms with Crippen molar-refractivity contribution in [3.8, 4) is 0 Å². The van der Waals surface area contributed by atoms with E-state index in [4.69, 9.17) is 0 Å². The maximum Gasteiger partial charge on any atom is 0.223 e. The molecule has 4 heteroatoms. The van der Waals surface area contributed by atoms with Crippen LogP contribution in [0, 0.1) is 23.2 Å². The van der Waals surface area contributed by atoms with Gasteiger partial charge in [0.2, 0.25) is 5.91 Å². The zero-order valence-electron chi connectivity index (χ0n) is 15.1. The summed E-state index contributed by atoms with van der Waals surface area (Å²) in [6.07, 6.45) is 7.22. The maximum absolute atomic E-state index is 12.3. The van der Waals surface area contributed by atoms with E-state index in [1.54, 1.807) is 0 Å². The number of piperidine rings is 2. The Bertz CT molecular complexity index is 395. The summed E-state index contributed by atoms with van der Waals surface area (Å²) in [5.74, 6) is 2.32. The molecule has 0 aromatic rings. The predicted octanol–water partition coefficient (Wildman–Crippen LogP) is 2.25. The molecule has 3 fully saturated rings. The van der Waals surface area contributed by atoms with Crippen molar-refractivity contribution in [3.05, 3.63) is 0 Å². The highest BCUT2D eigenvalue weighted by Gasteiger charge is 2.57. The van der Waals surface area contributed by atoms with E-state index in [9.17, 15) is 4.79 Å². The second-order valence-electron chi connectivity index (χ2n) is 8.57. The highest BCUT2D eigenvalue weighted by molar-refractivity contribution is 5.82. The minimum atomic E-state index is 0.313. The summed E-state index contributed by atoms with van der Waals surface area (Å²) in [5, 5.41) is 6.59. The molecule has 2 heterocycles. The van der Waals surface area contributed by atoms with Crippen LogP contribution in [0.4, 0.5) is 0 Å². The molecule has 0 bridgehead atoms. The van der Waals surface area contributed by atoms with Gasteiger partial charge in [0.15, 0.2) is 0 Å². The standard InChI is InChI=1S/C19H35N3O/c1-15-11-16(2)14-22(13-15)10-4-3-7-21-18(23)17-12-19(17)5-8-20-9-6-19/h15-17,20H,3-14H2,1-2H3,(H,21,23). The number of carbonyl (C=O) groups is 1. The Kier molecular flexibility index (Phi) is 5.63. The second kappa shape index (κ2) is 7.52. The monoisotopic (exact) mass is 321 g/mol. The lowest BCUT2D eigenvalue weighted by Crippen LogP contribution is -2.39. The molecule has 2 N–H and O–H groups in total. The fourth-order valence-corrected chi connectivity index (χ4v) is 4.97. The van der Waals surface area contributed by atoms with Gasteiger partial charge < -0.3 is 15.5 Å². The first-order valence-corrected chi connectivity index (χ1v) is 9.80. The summed E-state index contributed by atoms with van der Waals surface area (Å²) in [5.41, 5.74) is 0.370. The number of unbranched alkanes of at least 4 members (excludes halogenated alkanes) is 1. The summed E-state index contributed by atoms with van der Waals surface area (Å²) in [6.45, 7) is 11.5. The van der Waals surface area contributed by atoms with Crippen LogP contribution in [0.2, 0.25) is 0 Å². The van der Waals surface area contributed by atoms with Gasteiger partial charge in [-0.05, 0) is 75.4 Å². The maximum atomic E-state index is 12.3. The van der Waals surface area contributed by atoms with Crippen LogP contribution in [0.5, 0.6) is 0 Å². The Morgan fingerprint density at radius 2 is 1.87 bits per heavy atom. The molecule has 3 rings (SSSR count). The number of hydrogen-bond acceptors (Lipinski definition) is 3. The zero-order valence-corrected chi connectivity index (χ0v) is 15.1. The number of hydrogen-bond donors (Lipinski definition) is 2. The third-order valence-electron chi connectivity index (χ3n) is 6.25. The molecule has 0 radical (unpaired) electrons. The van der Waals surface area contributed by atoms with Crippen LogP contribution in [0.3, 0.4) is 0 Å². The van der Waals surface area contributed by atoms with Crippen LogP contribution in [-0.4, -0.2) is 50.1 Å². The number of nitrogens with zero attached hydrogens (tertiary/aromatic N) is 1. The van der Waals surface area contributed by atoms with Crippen molar-refractivity contribution in [2.45, 2.75) is 52.4 Å². The van der Waals surface area contributed by atoms with Crippen molar-refractivity contribution in [3.63, 3.8) is 0 Å². The third kappa shape index (κ3) is 4.48. The topological polar surface area (TPSA) is 44.4 Å². The lowest BCUT2D eigenvalue weighted by atomic mass is 9.91. The minimum Gasteiger partial charge on any atom is -0.356 e. The van der Waals surface area contributed by atoms with Crippen LogP contribution in [0.25, 0.3) is 0 Å². The average Bonchev–Trinajstić information content (AvgIpc) is 3.20. The van der Waals surface area contributed by atoms with Gasteiger partial charge in [-0.3, -0.25) is 4.79 Å². The fourth-order valence-electron chi connectivity index (χ4n) is 4.97. The number of likely N-dealkylation sites (tertiary alicyclic amines) is 1. The van der Waals surface area contributed by atoms with Gasteiger partial charge in [0, 0.05) is 25.6 Å². The lowest BCUT2D eigenvalue weighted by molar-refractivity contribution is -0.123. The van der Waals surface area contributed by atoms with E-state index >= 15 is 0 Å². The van der Waals surface area contributed by atoms with Gasteiger partial charge in [0.05, 0.1) is 0 Å². The SMILES string of the molecule is CC1CC(C)CN(CCCCNC(=O)C2CC23CCNCC3)C1. The van der Waals surface area contributed by atoms with Crippen LogP contribution >= 0.6 is 0 Å². The number of nitrogens with one attached hydrogen (secondary N) is 2. The molecule has 0 aromatic carbocycles. The van der Waals surface area contributed by atoms with Crippen molar-refractivity contribution >= 4 is 5.91 Å². The van der Waals surface area contributed by atoms with E-state index in [1.165, 1.54) is 45.3 Å². The van der Waals surface area contributed by atoms with Crippen LogP contribution in [0.1, 0.15) is 52.4 Å². The Balaban J connectivity index is 1.26. The van der Waals surface area contributed by atoms with E-state index in [2.05, 4.69) is 29.4 Å². The van der Waals surface area contributed by atoms with E-state index in [-0.39, 0.29) is 0 Å². The van der Waals surface area contributed by atoms with E-state index in [0.717, 1.165) is 44.3 Å². The first kappa shape index (κ1) is 17.2. The summed E-state index contributed by atoms with van der Waals surface area (Å²) in [7, 11) is 0. The number of rotatable bonds is 6. The molecule has 1 amide bonds.